The van der Waals surface area contributed by atoms with Crippen molar-refractivity contribution >= 4 is 61.5 Å². The van der Waals surface area contributed by atoms with Crippen molar-refractivity contribution in [2.24, 2.45) is 0 Å². The molecule has 0 saturated carbocycles. The fourth-order valence-corrected chi connectivity index (χ4v) is 4.18. The SMILES string of the molecule is CCCCCCCCCCCCCCCCS(=O)(=O)Oc1ccccc1.[KH]. The van der Waals surface area contributed by atoms with E-state index in [4.69, 9.17) is 4.18 Å². The van der Waals surface area contributed by atoms with E-state index in [1.807, 2.05) is 6.07 Å². The molecule has 0 atom stereocenters. The van der Waals surface area contributed by atoms with Crippen molar-refractivity contribution < 1.29 is 12.6 Å². The maximum atomic E-state index is 11.9. The van der Waals surface area contributed by atoms with Gasteiger partial charge in [0.15, 0.2) is 0 Å². The molecule has 1 rings (SSSR count). The summed E-state index contributed by atoms with van der Waals surface area (Å²) in [6.45, 7) is 2.26. The van der Waals surface area contributed by atoms with Gasteiger partial charge in [0.05, 0.1) is 5.75 Å². The average molecular weight is 423 g/mol. The van der Waals surface area contributed by atoms with Crippen molar-refractivity contribution in [2.75, 3.05) is 5.75 Å². The van der Waals surface area contributed by atoms with Crippen molar-refractivity contribution in [3.05, 3.63) is 30.3 Å². The molecule has 0 N–H and O–H groups in total. The third-order valence-corrected chi connectivity index (χ3v) is 5.95. The fourth-order valence-electron chi connectivity index (χ4n) is 3.14. The summed E-state index contributed by atoms with van der Waals surface area (Å²) in [4.78, 5) is 0. The topological polar surface area (TPSA) is 43.4 Å². The summed E-state index contributed by atoms with van der Waals surface area (Å²) >= 11 is 0. The van der Waals surface area contributed by atoms with Gasteiger partial charge < -0.3 is 4.18 Å². The molecule has 1 aromatic rings. The van der Waals surface area contributed by atoms with Crippen LogP contribution in [-0.4, -0.2) is 65.6 Å². The van der Waals surface area contributed by atoms with E-state index in [0.717, 1.165) is 12.8 Å². The molecule has 0 saturated heterocycles. The van der Waals surface area contributed by atoms with Gasteiger partial charge in [-0.2, -0.15) is 8.42 Å². The molecule has 0 heterocycles. The van der Waals surface area contributed by atoms with Crippen LogP contribution in [0.3, 0.4) is 0 Å². The second-order valence-electron chi connectivity index (χ2n) is 7.25. The Bertz CT molecular complexity index is 532. The van der Waals surface area contributed by atoms with Gasteiger partial charge in [-0.25, -0.2) is 0 Å². The maximum absolute atomic E-state index is 11.9. The molecule has 0 aromatic heterocycles. The summed E-state index contributed by atoms with van der Waals surface area (Å²) in [7, 11) is -3.45. The molecule has 0 bridgehead atoms. The van der Waals surface area contributed by atoms with Crippen LogP contribution >= 0.6 is 0 Å². The van der Waals surface area contributed by atoms with E-state index in [9.17, 15) is 8.42 Å². The van der Waals surface area contributed by atoms with Gasteiger partial charge in [-0.1, -0.05) is 109 Å². The van der Waals surface area contributed by atoms with E-state index in [1.165, 1.54) is 70.6 Å². The van der Waals surface area contributed by atoms with Crippen LogP contribution in [0.5, 0.6) is 5.75 Å². The molecule has 27 heavy (non-hydrogen) atoms. The van der Waals surface area contributed by atoms with Gasteiger partial charge in [0.1, 0.15) is 5.75 Å². The number of benzene rings is 1. The van der Waals surface area contributed by atoms with Crippen molar-refractivity contribution in [1.29, 1.82) is 0 Å². The van der Waals surface area contributed by atoms with E-state index < -0.39 is 10.1 Å². The first-order valence-electron chi connectivity index (χ1n) is 10.6. The first-order chi connectivity index (χ1) is 12.6. The fraction of sp³-hybridized carbons (Fsp3) is 0.727. The average Bonchev–Trinajstić information content (AvgIpc) is 2.62. The Morgan fingerprint density at radius 2 is 1.07 bits per heavy atom. The Hall–Kier alpha value is 0.606. The molecule has 3 nitrogen and oxygen atoms in total. The summed E-state index contributed by atoms with van der Waals surface area (Å²) in [5, 5.41) is 0. The van der Waals surface area contributed by atoms with E-state index >= 15 is 0 Å². The Labute approximate surface area is 210 Å². The molecule has 152 valence electrons. The van der Waals surface area contributed by atoms with Crippen molar-refractivity contribution in [2.45, 2.75) is 96.8 Å². The van der Waals surface area contributed by atoms with Crippen LogP contribution in [0.4, 0.5) is 0 Å². The van der Waals surface area contributed by atoms with E-state index in [2.05, 4.69) is 6.92 Å². The monoisotopic (exact) mass is 422 g/mol. The summed E-state index contributed by atoms with van der Waals surface area (Å²) in [6, 6.07) is 8.73. The Kier molecular flexibility index (Phi) is 19.0. The quantitative estimate of drug-likeness (QED) is 0.170. The number of para-hydroxylation sites is 1. The number of hydrogen-bond acceptors (Lipinski definition) is 3. The zero-order valence-electron chi connectivity index (χ0n) is 16.6. The summed E-state index contributed by atoms with van der Waals surface area (Å²) < 4.78 is 28.9. The number of rotatable bonds is 17. The molecule has 5 heteroatoms. The summed E-state index contributed by atoms with van der Waals surface area (Å²) in [5.41, 5.74) is 0. The van der Waals surface area contributed by atoms with Gasteiger partial charge >= 0.3 is 61.5 Å². The standard InChI is InChI=1S/C22H38O3S.K.H/c1-2-3-4-5-6-7-8-9-10-11-12-13-14-18-21-26(23,24)25-22-19-16-15-17-20-22;;/h15-17,19-20H,2-14,18,21H2,1H3;;. The first-order valence-corrected chi connectivity index (χ1v) is 12.2. The predicted molar refractivity (Wildman–Crippen MR) is 118 cm³/mol. The van der Waals surface area contributed by atoms with Gasteiger partial charge in [-0.3, -0.25) is 0 Å². The minimum atomic E-state index is -3.45. The van der Waals surface area contributed by atoms with Crippen LogP contribution in [-0.2, 0) is 10.1 Å². The third-order valence-electron chi connectivity index (χ3n) is 4.71. The Morgan fingerprint density at radius 3 is 1.52 bits per heavy atom. The van der Waals surface area contributed by atoms with Crippen LogP contribution in [0.1, 0.15) is 96.8 Å². The molecule has 0 radical (unpaired) electrons. The van der Waals surface area contributed by atoms with Crippen LogP contribution in [0.15, 0.2) is 30.3 Å². The molecule has 0 aliphatic carbocycles. The van der Waals surface area contributed by atoms with Crippen LogP contribution in [0, 0.1) is 0 Å². The molecule has 0 amide bonds. The van der Waals surface area contributed by atoms with Gasteiger partial charge in [0, 0.05) is 0 Å². The first kappa shape index (κ1) is 27.6. The van der Waals surface area contributed by atoms with Crippen LogP contribution < -0.4 is 4.18 Å². The second kappa shape index (κ2) is 18.6. The van der Waals surface area contributed by atoms with Crippen molar-refractivity contribution in [3.63, 3.8) is 0 Å². The normalized spacial score (nSPS) is 11.1. The van der Waals surface area contributed by atoms with Gasteiger partial charge in [-0.15, -0.1) is 0 Å². The van der Waals surface area contributed by atoms with Gasteiger partial charge in [-0.05, 0) is 18.6 Å². The van der Waals surface area contributed by atoms with Crippen molar-refractivity contribution in [1.82, 2.24) is 0 Å². The molecule has 0 aliphatic rings. The molecule has 1 aromatic carbocycles. The van der Waals surface area contributed by atoms with Crippen molar-refractivity contribution in [3.8, 4) is 5.75 Å². The molecular formula is C22H39KO3S. The third kappa shape index (κ3) is 17.2. The van der Waals surface area contributed by atoms with Crippen LogP contribution in [0.25, 0.3) is 0 Å². The molecular weight excluding hydrogens is 383 g/mol. The van der Waals surface area contributed by atoms with Gasteiger partial charge in [0.2, 0.25) is 0 Å². The summed E-state index contributed by atoms with van der Waals surface area (Å²) in [6.07, 6.45) is 17.7. The minimum absolute atomic E-state index is 0. The van der Waals surface area contributed by atoms with E-state index in [1.54, 1.807) is 24.3 Å². The zero-order valence-corrected chi connectivity index (χ0v) is 17.4. The Balaban J connectivity index is 0.00000676. The molecule has 0 fully saturated rings. The van der Waals surface area contributed by atoms with Crippen LogP contribution in [0.2, 0.25) is 0 Å². The second-order valence-corrected chi connectivity index (χ2v) is 8.94. The molecule has 0 aliphatic heterocycles. The molecule has 0 spiro atoms. The van der Waals surface area contributed by atoms with Gasteiger partial charge in [0.25, 0.3) is 0 Å². The number of unbranched alkanes of at least 4 members (excludes halogenated alkanes) is 13. The number of hydrogen-bond donors (Lipinski definition) is 0. The van der Waals surface area contributed by atoms with E-state index in [0.29, 0.717) is 12.2 Å². The Morgan fingerprint density at radius 1 is 0.667 bits per heavy atom. The zero-order chi connectivity index (χ0) is 18.9. The predicted octanol–water partition coefficient (Wildman–Crippen LogP) is 6.23. The molecule has 0 unspecified atom stereocenters. The van der Waals surface area contributed by atoms with E-state index in [-0.39, 0.29) is 57.1 Å². The summed E-state index contributed by atoms with van der Waals surface area (Å²) in [5.74, 6) is 0.512.